The van der Waals surface area contributed by atoms with E-state index in [-0.39, 0.29) is 0 Å². The normalized spacial score (nSPS) is 12.2. The summed E-state index contributed by atoms with van der Waals surface area (Å²) in [5.41, 5.74) is 9.73. The van der Waals surface area contributed by atoms with Crippen molar-refractivity contribution in [3.63, 3.8) is 0 Å². The van der Waals surface area contributed by atoms with Crippen molar-refractivity contribution in [1.29, 1.82) is 0 Å². The van der Waals surface area contributed by atoms with Crippen molar-refractivity contribution in [3.8, 4) is 28.3 Å². The van der Waals surface area contributed by atoms with E-state index in [2.05, 4.69) is 167 Å². The Bertz CT molecular complexity index is 3400. The Kier molecular flexibility index (Phi) is 5.47. The molecule has 8 aromatic carbocycles. The summed E-state index contributed by atoms with van der Waals surface area (Å²) >= 11 is 0. The van der Waals surface area contributed by atoms with Crippen LogP contribution in [0.15, 0.2) is 170 Å². The summed E-state index contributed by atoms with van der Waals surface area (Å²) in [6.45, 7) is 0. The molecule has 0 amide bonds. The quantitative estimate of drug-likeness (QED) is 0.189. The zero-order valence-corrected chi connectivity index (χ0v) is 28.0. The van der Waals surface area contributed by atoms with Gasteiger partial charge in [0.15, 0.2) is 5.82 Å². The molecule has 0 aliphatic rings. The number of fused-ring (bicyclic) bond motifs is 14. The Morgan fingerprint density at radius 3 is 1.88 bits per heavy atom. The molecule has 0 aliphatic heterocycles. The minimum atomic E-state index is 0.812. The number of aromatic nitrogens is 4. The molecule has 0 unspecified atom stereocenters. The lowest BCUT2D eigenvalue weighted by molar-refractivity contribution is 1.05. The van der Waals surface area contributed by atoms with Gasteiger partial charge in [-0.3, -0.25) is 9.55 Å². The lowest BCUT2D eigenvalue weighted by Gasteiger charge is -2.16. The Labute approximate surface area is 297 Å². The summed E-state index contributed by atoms with van der Waals surface area (Å²) in [6.07, 6.45) is 1.93. The zero-order chi connectivity index (χ0) is 33.9. The fraction of sp³-hybridized carbons (Fsp3) is 0. The van der Waals surface area contributed by atoms with Crippen molar-refractivity contribution in [2.45, 2.75) is 0 Å². The maximum absolute atomic E-state index is 5.58. The van der Waals surface area contributed by atoms with Gasteiger partial charge in [-0.05, 0) is 28.3 Å². The van der Waals surface area contributed by atoms with Crippen LogP contribution in [-0.4, -0.2) is 18.9 Å². The molecular weight excluding hydrogens is 633 g/mol. The third-order valence-corrected chi connectivity index (χ3v) is 11.1. The second-order valence-electron chi connectivity index (χ2n) is 13.7. The molecule has 12 aromatic rings. The summed E-state index contributed by atoms with van der Waals surface area (Å²) in [6, 6.07) is 58.8. The molecule has 0 spiro atoms. The van der Waals surface area contributed by atoms with Crippen molar-refractivity contribution in [2.24, 2.45) is 0 Å². The van der Waals surface area contributed by atoms with Crippen LogP contribution in [0.1, 0.15) is 0 Å². The predicted molar refractivity (Wildman–Crippen MR) is 217 cm³/mol. The minimum absolute atomic E-state index is 0.812. The average Bonchev–Trinajstić information content (AvgIpc) is 3.87. The fourth-order valence-corrected chi connectivity index (χ4v) is 8.97. The number of para-hydroxylation sites is 3. The molecule has 0 fully saturated rings. The lowest BCUT2D eigenvalue weighted by Crippen LogP contribution is -2.05. The third kappa shape index (κ3) is 3.55. The molecule has 0 bridgehead atoms. The number of rotatable bonds is 3. The molecule has 4 aromatic heterocycles. The highest BCUT2D eigenvalue weighted by molar-refractivity contribution is 6.39. The smallest absolute Gasteiger partial charge is 0.165 e. The molecule has 4 nitrogen and oxygen atoms in total. The van der Waals surface area contributed by atoms with Gasteiger partial charge in [0.25, 0.3) is 0 Å². The van der Waals surface area contributed by atoms with Gasteiger partial charge in [0, 0.05) is 48.8 Å². The number of nitrogens with zero attached hydrogens (tertiary/aromatic N) is 4. The molecule has 0 saturated heterocycles. The Balaban J connectivity index is 1.35. The molecule has 0 saturated carbocycles. The van der Waals surface area contributed by atoms with Crippen molar-refractivity contribution < 1.29 is 0 Å². The van der Waals surface area contributed by atoms with Gasteiger partial charge in [-0.2, -0.15) is 0 Å². The van der Waals surface area contributed by atoms with Crippen LogP contribution in [0.25, 0.3) is 110 Å². The first-order valence-corrected chi connectivity index (χ1v) is 17.8. The minimum Gasteiger partial charge on any atom is -0.307 e. The van der Waals surface area contributed by atoms with E-state index in [0.717, 1.165) is 44.8 Å². The standard InChI is InChI=1S/C48H28N4/c1-2-15-30(16-3-1)39-28-49-44(34-23-12-17-29-14-4-5-18-31(29)34)48(50-39)52-41-27-11-9-22-37(41)43-46(52)36-21-7-6-20-33(36)42-38-25-13-24-35-32-19-8-10-26-40(32)51(45(35)38)47(42)43/h1-28H. The predicted octanol–water partition coefficient (Wildman–Crippen LogP) is 12.4. The first-order chi connectivity index (χ1) is 25.8. The summed E-state index contributed by atoms with van der Waals surface area (Å²) < 4.78 is 4.92. The van der Waals surface area contributed by atoms with E-state index in [1.54, 1.807) is 0 Å². The van der Waals surface area contributed by atoms with Crippen LogP contribution in [0.4, 0.5) is 0 Å². The number of benzene rings is 8. The molecule has 240 valence electrons. The molecule has 0 radical (unpaired) electrons. The van der Waals surface area contributed by atoms with E-state index in [9.17, 15) is 0 Å². The first-order valence-electron chi connectivity index (χ1n) is 17.8. The second kappa shape index (κ2) is 10.3. The first kappa shape index (κ1) is 27.7. The molecule has 12 rings (SSSR count). The lowest BCUT2D eigenvalue weighted by atomic mass is 9.98. The molecule has 4 heteroatoms. The van der Waals surface area contributed by atoms with Gasteiger partial charge in [-0.15, -0.1) is 0 Å². The Morgan fingerprint density at radius 2 is 1.02 bits per heavy atom. The zero-order valence-electron chi connectivity index (χ0n) is 28.0. The van der Waals surface area contributed by atoms with Crippen LogP contribution < -0.4 is 0 Å². The van der Waals surface area contributed by atoms with Crippen LogP contribution in [0, 0.1) is 0 Å². The van der Waals surface area contributed by atoms with Crippen molar-refractivity contribution in [1.82, 2.24) is 18.9 Å². The summed E-state index contributed by atoms with van der Waals surface area (Å²) in [5, 5.41) is 12.3. The van der Waals surface area contributed by atoms with Crippen molar-refractivity contribution >= 4 is 81.4 Å². The fourth-order valence-electron chi connectivity index (χ4n) is 8.97. The van der Waals surface area contributed by atoms with Gasteiger partial charge in [-0.1, -0.05) is 152 Å². The Hall–Kier alpha value is -7.04. The third-order valence-electron chi connectivity index (χ3n) is 11.1. The van der Waals surface area contributed by atoms with Crippen LogP contribution in [0.3, 0.4) is 0 Å². The van der Waals surface area contributed by atoms with E-state index in [0.29, 0.717) is 0 Å². The second-order valence-corrected chi connectivity index (χ2v) is 13.7. The van der Waals surface area contributed by atoms with Crippen LogP contribution in [0.5, 0.6) is 0 Å². The van der Waals surface area contributed by atoms with Gasteiger partial charge in [0.2, 0.25) is 0 Å². The summed E-state index contributed by atoms with van der Waals surface area (Å²) in [5.74, 6) is 0.812. The molecule has 0 aliphatic carbocycles. The van der Waals surface area contributed by atoms with Crippen LogP contribution >= 0.6 is 0 Å². The van der Waals surface area contributed by atoms with E-state index in [4.69, 9.17) is 9.97 Å². The van der Waals surface area contributed by atoms with E-state index < -0.39 is 0 Å². The SMILES string of the molecule is c1ccc(-c2cnc(-c3cccc4ccccc34)c(-n3c4ccccc4c4c3c3ccccc3c3c5cccc6c7ccccc7n(c65)c34)n2)cc1. The van der Waals surface area contributed by atoms with Gasteiger partial charge >= 0.3 is 0 Å². The molecule has 4 heterocycles. The highest BCUT2D eigenvalue weighted by Gasteiger charge is 2.27. The molecule has 0 N–H and O–H groups in total. The molecular formula is C48H28N4. The maximum atomic E-state index is 5.58. The van der Waals surface area contributed by atoms with E-state index in [1.165, 1.54) is 65.0 Å². The highest BCUT2D eigenvalue weighted by atomic mass is 15.1. The average molecular weight is 661 g/mol. The van der Waals surface area contributed by atoms with Gasteiger partial charge < -0.3 is 4.40 Å². The number of hydrogen-bond acceptors (Lipinski definition) is 2. The highest BCUT2D eigenvalue weighted by Crippen LogP contribution is 2.49. The summed E-state index contributed by atoms with van der Waals surface area (Å²) in [7, 11) is 0. The van der Waals surface area contributed by atoms with Crippen LogP contribution in [-0.2, 0) is 0 Å². The monoisotopic (exact) mass is 660 g/mol. The van der Waals surface area contributed by atoms with E-state index >= 15 is 0 Å². The topological polar surface area (TPSA) is 35.1 Å². The molecule has 52 heavy (non-hydrogen) atoms. The van der Waals surface area contributed by atoms with Gasteiger partial charge in [-0.25, -0.2) is 4.98 Å². The van der Waals surface area contributed by atoms with Crippen LogP contribution in [0.2, 0.25) is 0 Å². The van der Waals surface area contributed by atoms with Crippen molar-refractivity contribution in [3.05, 3.63) is 170 Å². The Morgan fingerprint density at radius 1 is 0.404 bits per heavy atom. The van der Waals surface area contributed by atoms with Crippen molar-refractivity contribution in [2.75, 3.05) is 0 Å². The van der Waals surface area contributed by atoms with E-state index in [1.807, 2.05) is 12.3 Å². The molecule has 0 atom stereocenters. The maximum Gasteiger partial charge on any atom is 0.165 e. The number of hydrogen-bond donors (Lipinski definition) is 0. The largest absolute Gasteiger partial charge is 0.307 e. The van der Waals surface area contributed by atoms with Gasteiger partial charge in [0.05, 0.1) is 39.5 Å². The summed E-state index contributed by atoms with van der Waals surface area (Å²) in [4.78, 5) is 10.9. The van der Waals surface area contributed by atoms with Gasteiger partial charge in [0.1, 0.15) is 5.69 Å².